The van der Waals surface area contributed by atoms with Crippen LogP contribution >= 0.6 is 0 Å². The fraction of sp³-hybridized carbons (Fsp3) is 1.00. The van der Waals surface area contributed by atoms with E-state index in [9.17, 15) is 0 Å². The van der Waals surface area contributed by atoms with Crippen LogP contribution in [0.5, 0.6) is 0 Å². The van der Waals surface area contributed by atoms with Gasteiger partial charge in [-0.2, -0.15) is 0 Å². The van der Waals surface area contributed by atoms with Gasteiger partial charge in [0, 0.05) is 6.04 Å². The molecule has 0 bridgehead atoms. The van der Waals surface area contributed by atoms with E-state index in [-0.39, 0.29) is 0 Å². The molecule has 0 aliphatic heterocycles. The van der Waals surface area contributed by atoms with Gasteiger partial charge in [0.15, 0.2) is 0 Å². The largest absolute Gasteiger partial charge is 0.314 e. The van der Waals surface area contributed by atoms with Crippen molar-refractivity contribution in [3.8, 4) is 0 Å². The molecular formula is C18H37N. The van der Waals surface area contributed by atoms with Crippen molar-refractivity contribution in [2.75, 3.05) is 6.54 Å². The zero-order valence-electron chi connectivity index (χ0n) is 14.0. The van der Waals surface area contributed by atoms with Gasteiger partial charge in [-0.05, 0) is 62.3 Å². The quantitative estimate of drug-likeness (QED) is 0.633. The van der Waals surface area contributed by atoms with Crippen molar-refractivity contribution in [1.29, 1.82) is 0 Å². The van der Waals surface area contributed by atoms with Crippen LogP contribution in [0.2, 0.25) is 0 Å². The first-order valence-electron chi connectivity index (χ1n) is 8.85. The molecule has 1 saturated carbocycles. The molecule has 0 amide bonds. The summed E-state index contributed by atoms with van der Waals surface area (Å²) in [4.78, 5) is 0. The monoisotopic (exact) mass is 267 g/mol. The van der Waals surface area contributed by atoms with Crippen LogP contribution in [0.4, 0.5) is 0 Å². The van der Waals surface area contributed by atoms with Crippen LogP contribution in [0, 0.1) is 23.7 Å². The Morgan fingerprint density at radius 1 is 0.895 bits per heavy atom. The molecule has 1 unspecified atom stereocenters. The van der Waals surface area contributed by atoms with Crippen molar-refractivity contribution in [1.82, 2.24) is 5.32 Å². The smallest absolute Gasteiger partial charge is 0.00978 e. The summed E-state index contributed by atoms with van der Waals surface area (Å²) in [5.74, 6) is 3.74. The molecule has 0 saturated heterocycles. The van der Waals surface area contributed by atoms with Crippen LogP contribution in [0.1, 0.15) is 79.6 Å². The van der Waals surface area contributed by atoms with Crippen molar-refractivity contribution in [3.63, 3.8) is 0 Å². The molecule has 0 radical (unpaired) electrons. The van der Waals surface area contributed by atoms with Gasteiger partial charge in [0.1, 0.15) is 0 Å². The van der Waals surface area contributed by atoms with E-state index in [1.807, 2.05) is 0 Å². The Labute approximate surface area is 121 Å². The molecule has 0 aromatic rings. The molecule has 1 aliphatic carbocycles. The molecular weight excluding hydrogens is 230 g/mol. The Morgan fingerprint density at radius 2 is 1.42 bits per heavy atom. The summed E-state index contributed by atoms with van der Waals surface area (Å²) >= 11 is 0. The lowest BCUT2D eigenvalue weighted by Crippen LogP contribution is -2.39. The van der Waals surface area contributed by atoms with E-state index in [4.69, 9.17) is 0 Å². The molecule has 1 heteroatoms. The van der Waals surface area contributed by atoms with E-state index in [2.05, 4.69) is 39.9 Å². The first kappa shape index (κ1) is 17.0. The zero-order chi connectivity index (χ0) is 14.3. The Bertz CT molecular complexity index is 212. The van der Waals surface area contributed by atoms with Gasteiger partial charge in [-0.15, -0.1) is 0 Å². The first-order chi connectivity index (χ1) is 9.12. The Balaban J connectivity index is 2.48. The molecule has 0 heterocycles. The minimum absolute atomic E-state index is 0.781. The lowest BCUT2D eigenvalue weighted by Gasteiger charge is -2.37. The van der Waals surface area contributed by atoms with Gasteiger partial charge in [-0.1, -0.05) is 47.5 Å². The molecule has 1 fully saturated rings. The lowest BCUT2D eigenvalue weighted by molar-refractivity contribution is 0.173. The van der Waals surface area contributed by atoms with Crippen molar-refractivity contribution < 1.29 is 0 Å². The average Bonchev–Trinajstić information content (AvgIpc) is 2.43. The van der Waals surface area contributed by atoms with Gasteiger partial charge in [0.25, 0.3) is 0 Å². The van der Waals surface area contributed by atoms with Gasteiger partial charge in [-0.25, -0.2) is 0 Å². The third kappa shape index (κ3) is 5.45. The highest BCUT2D eigenvalue weighted by atomic mass is 14.9. The molecule has 0 aromatic carbocycles. The Hall–Kier alpha value is -0.0400. The number of rotatable bonds is 8. The molecule has 1 N–H and O–H groups in total. The van der Waals surface area contributed by atoms with Crippen LogP contribution in [-0.4, -0.2) is 12.6 Å². The van der Waals surface area contributed by atoms with E-state index in [1.165, 1.54) is 44.9 Å². The maximum Gasteiger partial charge on any atom is 0.00978 e. The molecule has 1 nitrogen and oxygen atoms in total. The minimum atomic E-state index is 0.781. The second-order valence-electron chi connectivity index (χ2n) is 7.00. The molecule has 1 aliphatic rings. The van der Waals surface area contributed by atoms with Gasteiger partial charge in [-0.3, -0.25) is 0 Å². The predicted molar refractivity (Wildman–Crippen MR) is 86.4 cm³/mol. The summed E-state index contributed by atoms with van der Waals surface area (Å²) in [6.45, 7) is 12.9. The topological polar surface area (TPSA) is 12.0 Å². The summed E-state index contributed by atoms with van der Waals surface area (Å²) in [7, 11) is 0. The highest BCUT2D eigenvalue weighted by Gasteiger charge is 2.29. The Morgan fingerprint density at radius 3 is 1.84 bits per heavy atom. The lowest BCUT2D eigenvalue weighted by atomic mass is 9.73. The maximum absolute atomic E-state index is 3.80. The molecule has 114 valence electrons. The summed E-state index contributed by atoms with van der Waals surface area (Å²) < 4.78 is 0. The van der Waals surface area contributed by atoms with Crippen molar-refractivity contribution in [3.05, 3.63) is 0 Å². The molecule has 0 spiro atoms. The predicted octanol–water partition coefficient (Wildman–Crippen LogP) is 5.25. The molecule has 0 aromatic heterocycles. The maximum atomic E-state index is 3.80. The number of nitrogens with one attached hydrogen (secondary N) is 1. The molecule has 1 rings (SSSR count). The fourth-order valence-electron chi connectivity index (χ4n) is 3.90. The van der Waals surface area contributed by atoms with Gasteiger partial charge in [0.2, 0.25) is 0 Å². The van der Waals surface area contributed by atoms with Crippen LogP contribution in [-0.2, 0) is 0 Å². The summed E-state index contributed by atoms with van der Waals surface area (Å²) in [6.07, 6.45) is 9.94. The number of hydrogen-bond acceptors (Lipinski definition) is 1. The second kappa shape index (κ2) is 9.00. The van der Waals surface area contributed by atoms with E-state index in [0.717, 1.165) is 36.3 Å². The third-order valence-corrected chi connectivity index (χ3v) is 5.54. The van der Waals surface area contributed by atoms with Crippen LogP contribution in [0.15, 0.2) is 0 Å². The average molecular weight is 268 g/mol. The summed E-state index contributed by atoms with van der Waals surface area (Å²) in [6, 6.07) is 0.781. The normalized spacial score (nSPS) is 26.1. The highest BCUT2D eigenvalue weighted by molar-refractivity contribution is 4.84. The van der Waals surface area contributed by atoms with Crippen molar-refractivity contribution in [2.45, 2.75) is 85.6 Å². The van der Waals surface area contributed by atoms with E-state index < -0.39 is 0 Å². The first-order valence-corrected chi connectivity index (χ1v) is 8.85. The van der Waals surface area contributed by atoms with Gasteiger partial charge >= 0.3 is 0 Å². The Kier molecular flexibility index (Phi) is 8.06. The van der Waals surface area contributed by atoms with Crippen molar-refractivity contribution in [2.24, 2.45) is 23.7 Å². The van der Waals surface area contributed by atoms with Gasteiger partial charge < -0.3 is 5.32 Å². The van der Waals surface area contributed by atoms with E-state index in [1.54, 1.807) is 0 Å². The van der Waals surface area contributed by atoms with Crippen LogP contribution in [0.25, 0.3) is 0 Å². The van der Waals surface area contributed by atoms with Crippen LogP contribution < -0.4 is 5.32 Å². The number of hydrogen-bond donors (Lipinski definition) is 1. The van der Waals surface area contributed by atoms with Gasteiger partial charge in [0.05, 0.1) is 0 Å². The fourth-order valence-corrected chi connectivity index (χ4v) is 3.90. The minimum Gasteiger partial charge on any atom is -0.314 e. The third-order valence-electron chi connectivity index (χ3n) is 5.54. The zero-order valence-corrected chi connectivity index (χ0v) is 14.0. The molecule has 19 heavy (non-hydrogen) atoms. The summed E-state index contributed by atoms with van der Waals surface area (Å²) in [5, 5.41) is 3.80. The van der Waals surface area contributed by atoms with Crippen LogP contribution in [0.3, 0.4) is 0 Å². The highest BCUT2D eigenvalue weighted by Crippen LogP contribution is 2.36. The second-order valence-corrected chi connectivity index (χ2v) is 7.00. The van der Waals surface area contributed by atoms with Crippen molar-refractivity contribution >= 4 is 0 Å². The standard InChI is InChI=1S/C18H37N/c1-6-15(7-2)13-18(19-8-3)17-11-9-16(10-12-17)14(4)5/h14-19H,6-13H2,1-5H3. The SMILES string of the molecule is CCNC(CC(CC)CC)C1CCC(C(C)C)CC1. The molecule has 1 atom stereocenters. The van der Waals surface area contributed by atoms with E-state index >= 15 is 0 Å². The summed E-state index contributed by atoms with van der Waals surface area (Å²) in [5.41, 5.74) is 0. The van der Waals surface area contributed by atoms with E-state index in [0.29, 0.717) is 0 Å².